The van der Waals surface area contributed by atoms with Crippen LogP contribution >= 0.6 is 39.7 Å². The second kappa shape index (κ2) is 6.61. The monoisotopic (exact) mass is 372 g/mol. The lowest BCUT2D eigenvalue weighted by atomic mass is 10.0. The van der Waals surface area contributed by atoms with Gasteiger partial charge in [0.05, 0.1) is 0 Å². The third kappa shape index (κ3) is 3.16. The van der Waals surface area contributed by atoms with Crippen LogP contribution in [0.1, 0.15) is 21.7 Å². The average Bonchev–Trinajstić information content (AvgIpc) is 2.85. The first-order valence-corrected chi connectivity index (χ1v) is 7.82. The van der Waals surface area contributed by atoms with Gasteiger partial charge in [0, 0.05) is 22.4 Å². The predicted octanol–water partition coefficient (Wildman–Crippen LogP) is 4.54. The highest BCUT2D eigenvalue weighted by Gasteiger charge is 2.13. The van der Waals surface area contributed by atoms with Crippen molar-refractivity contribution in [3.05, 3.63) is 44.6 Å². The van der Waals surface area contributed by atoms with Gasteiger partial charge in [-0.1, -0.05) is 0 Å². The molecule has 20 heavy (non-hydrogen) atoms. The zero-order chi connectivity index (χ0) is 13.2. The van der Waals surface area contributed by atoms with E-state index in [1.165, 1.54) is 22.6 Å². The van der Waals surface area contributed by atoms with Crippen LogP contribution in [0.5, 0.6) is 0 Å². The van der Waals surface area contributed by atoms with Gasteiger partial charge in [0.25, 0.3) is 5.91 Å². The van der Waals surface area contributed by atoms with Crippen molar-refractivity contribution in [1.82, 2.24) is 0 Å². The molecular weight excluding hydrogens is 360 g/mol. The first-order chi connectivity index (χ1) is 9.24. The lowest BCUT2D eigenvalue weighted by Crippen LogP contribution is -2.14. The summed E-state index contributed by atoms with van der Waals surface area (Å²) in [6, 6.07) is 7.92. The number of anilines is 2. The van der Waals surface area contributed by atoms with Gasteiger partial charge in [-0.2, -0.15) is 0 Å². The summed E-state index contributed by atoms with van der Waals surface area (Å²) in [5.74, 6) is -0.0643. The van der Waals surface area contributed by atoms with Gasteiger partial charge in [-0.15, -0.1) is 23.7 Å². The van der Waals surface area contributed by atoms with Crippen molar-refractivity contribution >= 4 is 57.0 Å². The third-order valence-corrected chi connectivity index (χ3v) is 4.96. The van der Waals surface area contributed by atoms with Gasteiger partial charge in [0.2, 0.25) is 0 Å². The molecule has 0 fully saturated rings. The largest absolute Gasteiger partial charge is 0.385 e. The predicted molar refractivity (Wildman–Crippen MR) is 90.5 cm³/mol. The highest BCUT2D eigenvalue weighted by Crippen LogP contribution is 2.27. The van der Waals surface area contributed by atoms with E-state index >= 15 is 0 Å². The highest BCUT2D eigenvalue weighted by atomic mass is 79.9. The first kappa shape index (κ1) is 15.4. The van der Waals surface area contributed by atoms with Crippen molar-refractivity contribution in [3.63, 3.8) is 0 Å². The molecule has 106 valence electrons. The van der Waals surface area contributed by atoms with E-state index in [-0.39, 0.29) is 18.3 Å². The summed E-state index contributed by atoms with van der Waals surface area (Å²) < 4.78 is 0.842. The number of halogens is 2. The number of carbonyl (C=O) groups excluding carboxylic acids is 1. The van der Waals surface area contributed by atoms with Gasteiger partial charge < -0.3 is 10.6 Å². The molecule has 3 rings (SSSR count). The molecular formula is C14H14BrClN2OS. The molecule has 1 aromatic carbocycles. The lowest BCUT2D eigenvalue weighted by molar-refractivity contribution is 0.103. The molecule has 0 atom stereocenters. The normalized spacial score (nSPS) is 12.8. The Morgan fingerprint density at radius 2 is 2.20 bits per heavy atom. The summed E-state index contributed by atoms with van der Waals surface area (Å²) >= 11 is 4.81. The summed E-state index contributed by atoms with van der Waals surface area (Å²) in [6.07, 6.45) is 2.20. The molecule has 0 saturated carbocycles. The molecule has 0 bridgehead atoms. The Balaban J connectivity index is 0.00000147. The van der Waals surface area contributed by atoms with E-state index in [0.29, 0.717) is 4.88 Å². The molecule has 6 heteroatoms. The number of carbonyl (C=O) groups is 1. The fraction of sp³-hybridized carbons (Fsp3) is 0.214. The molecule has 0 radical (unpaired) electrons. The van der Waals surface area contributed by atoms with Crippen LogP contribution in [0.3, 0.4) is 0 Å². The SMILES string of the molecule is Cl.O=C(Nc1ccc2c(c1)CCCN2)c1sccc1Br. The van der Waals surface area contributed by atoms with Crippen LogP contribution in [-0.4, -0.2) is 12.5 Å². The van der Waals surface area contributed by atoms with E-state index < -0.39 is 0 Å². The molecule has 1 aromatic heterocycles. The number of nitrogens with one attached hydrogen (secondary N) is 2. The lowest BCUT2D eigenvalue weighted by Gasteiger charge is -2.18. The summed E-state index contributed by atoms with van der Waals surface area (Å²) in [7, 11) is 0. The van der Waals surface area contributed by atoms with Crippen LogP contribution in [0.25, 0.3) is 0 Å². The number of hydrogen-bond donors (Lipinski definition) is 2. The fourth-order valence-corrected chi connectivity index (χ4v) is 3.64. The number of thiophene rings is 1. The van der Waals surface area contributed by atoms with Crippen LogP contribution in [-0.2, 0) is 6.42 Å². The Morgan fingerprint density at radius 1 is 1.35 bits per heavy atom. The van der Waals surface area contributed by atoms with Crippen molar-refractivity contribution in [2.75, 3.05) is 17.2 Å². The Bertz CT molecular complexity index is 629. The van der Waals surface area contributed by atoms with Crippen molar-refractivity contribution in [1.29, 1.82) is 0 Å². The van der Waals surface area contributed by atoms with Gasteiger partial charge in [-0.25, -0.2) is 0 Å². The van der Waals surface area contributed by atoms with E-state index in [1.54, 1.807) is 0 Å². The number of hydrogen-bond acceptors (Lipinski definition) is 3. The third-order valence-electron chi connectivity index (χ3n) is 3.12. The fourth-order valence-electron chi connectivity index (χ4n) is 2.20. The van der Waals surface area contributed by atoms with Crippen LogP contribution in [0, 0.1) is 0 Å². The van der Waals surface area contributed by atoms with E-state index in [0.717, 1.165) is 29.5 Å². The summed E-state index contributed by atoms with van der Waals surface area (Å²) in [6.45, 7) is 1.03. The summed E-state index contributed by atoms with van der Waals surface area (Å²) in [5.41, 5.74) is 3.31. The maximum Gasteiger partial charge on any atom is 0.266 e. The van der Waals surface area contributed by atoms with Crippen LogP contribution < -0.4 is 10.6 Å². The molecule has 2 N–H and O–H groups in total. The standard InChI is InChI=1S/C14H13BrN2OS.ClH/c15-11-5-7-19-13(11)14(18)17-10-3-4-12-9(8-10)2-1-6-16-12;/h3-5,7-8,16H,1-2,6H2,(H,17,18);1H. The number of rotatable bonds is 2. The highest BCUT2D eigenvalue weighted by molar-refractivity contribution is 9.10. The van der Waals surface area contributed by atoms with Gasteiger partial charge in [-0.05, 0) is 64.0 Å². The Kier molecular flexibility index (Phi) is 5.07. The minimum Gasteiger partial charge on any atom is -0.385 e. The van der Waals surface area contributed by atoms with Crippen molar-refractivity contribution in [2.45, 2.75) is 12.8 Å². The zero-order valence-electron chi connectivity index (χ0n) is 10.6. The quantitative estimate of drug-likeness (QED) is 0.811. The van der Waals surface area contributed by atoms with Gasteiger partial charge >= 0.3 is 0 Å². The van der Waals surface area contributed by atoms with Crippen LogP contribution in [0.2, 0.25) is 0 Å². The van der Waals surface area contributed by atoms with Crippen molar-refractivity contribution in [3.8, 4) is 0 Å². The maximum absolute atomic E-state index is 12.1. The zero-order valence-corrected chi connectivity index (χ0v) is 13.8. The first-order valence-electron chi connectivity index (χ1n) is 6.15. The van der Waals surface area contributed by atoms with Crippen LogP contribution in [0.15, 0.2) is 34.1 Å². The molecule has 2 aromatic rings. The number of benzene rings is 1. The minimum absolute atomic E-state index is 0. The van der Waals surface area contributed by atoms with Crippen molar-refractivity contribution in [2.24, 2.45) is 0 Å². The van der Waals surface area contributed by atoms with E-state index in [2.05, 4.69) is 32.6 Å². The van der Waals surface area contributed by atoms with E-state index in [9.17, 15) is 4.79 Å². The maximum atomic E-state index is 12.1. The molecule has 1 aliphatic rings. The topological polar surface area (TPSA) is 41.1 Å². The second-order valence-corrected chi connectivity index (χ2v) is 6.22. The Hall–Kier alpha value is -1.04. The van der Waals surface area contributed by atoms with Gasteiger partial charge in [0.15, 0.2) is 0 Å². The average molecular weight is 374 g/mol. The molecule has 1 amide bonds. The number of amides is 1. The molecule has 0 aliphatic carbocycles. The molecule has 2 heterocycles. The van der Waals surface area contributed by atoms with Gasteiger partial charge in [0.1, 0.15) is 4.88 Å². The Morgan fingerprint density at radius 3 is 2.95 bits per heavy atom. The second-order valence-electron chi connectivity index (χ2n) is 4.45. The van der Waals surface area contributed by atoms with Gasteiger partial charge in [-0.3, -0.25) is 4.79 Å². The molecule has 0 unspecified atom stereocenters. The van der Waals surface area contributed by atoms with Crippen molar-refractivity contribution < 1.29 is 4.79 Å². The summed E-state index contributed by atoms with van der Waals surface area (Å²) in [4.78, 5) is 12.8. The summed E-state index contributed by atoms with van der Waals surface area (Å²) in [5, 5.41) is 8.21. The van der Waals surface area contributed by atoms with E-state index in [4.69, 9.17) is 0 Å². The minimum atomic E-state index is -0.0643. The molecule has 1 aliphatic heterocycles. The van der Waals surface area contributed by atoms with Crippen LogP contribution in [0.4, 0.5) is 11.4 Å². The number of aryl methyl sites for hydroxylation is 1. The number of fused-ring (bicyclic) bond motifs is 1. The smallest absolute Gasteiger partial charge is 0.266 e. The molecule has 0 saturated heterocycles. The molecule has 0 spiro atoms. The van der Waals surface area contributed by atoms with E-state index in [1.807, 2.05) is 23.6 Å². The Labute approximate surface area is 136 Å². The molecule has 3 nitrogen and oxygen atoms in total.